The number of nitro groups is 1. The van der Waals surface area contributed by atoms with Crippen molar-refractivity contribution in [2.24, 2.45) is 0 Å². The third kappa shape index (κ3) is 3.32. The molecule has 2 rings (SSSR count). The van der Waals surface area contributed by atoms with E-state index in [0.29, 0.717) is 18.2 Å². The third-order valence-electron chi connectivity index (χ3n) is 3.09. The van der Waals surface area contributed by atoms with Crippen LogP contribution in [0.15, 0.2) is 42.6 Å². The Labute approximate surface area is 117 Å². The van der Waals surface area contributed by atoms with Crippen LogP contribution in [-0.2, 0) is 6.54 Å². The predicted molar refractivity (Wildman–Crippen MR) is 78.7 cm³/mol. The van der Waals surface area contributed by atoms with Crippen molar-refractivity contribution in [3.05, 3.63) is 63.8 Å². The Morgan fingerprint density at radius 1 is 1.25 bits per heavy atom. The minimum atomic E-state index is -0.482. The Balaban J connectivity index is 2.07. The molecule has 0 bridgehead atoms. The summed E-state index contributed by atoms with van der Waals surface area (Å²) < 4.78 is 0. The molecule has 0 saturated carbocycles. The average molecular weight is 271 g/mol. The molecule has 0 atom stereocenters. The van der Waals surface area contributed by atoms with E-state index in [1.54, 1.807) is 12.1 Å². The van der Waals surface area contributed by atoms with Crippen LogP contribution in [0.5, 0.6) is 0 Å². The van der Waals surface area contributed by atoms with E-state index in [2.05, 4.69) is 36.3 Å². The number of benzene rings is 1. The van der Waals surface area contributed by atoms with Crippen LogP contribution < -0.4 is 5.32 Å². The Morgan fingerprint density at radius 3 is 2.55 bits per heavy atom. The maximum absolute atomic E-state index is 10.9. The summed E-state index contributed by atoms with van der Waals surface area (Å²) in [6.07, 6.45) is 1.42. The molecule has 1 aromatic heterocycles. The van der Waals surface area contributed by atoms with E-state index >= 15 is 0 Å². The lowest BCUT2D eigenvalue weighted by Gasteiger charge is -2.09. The first-order valence-electron chi connectivity index (χ1n) is 6.50. The van der Waals surface area contributed by atoms with Gasteiger partial charge in [-0.25, -0.2) is 0 Å². The molecule has 0 amide bonds. The maximum Gasteiger partial charge on any atom is 0.386 e. The first-order valence-corrected chi connectivity index (χ1v) is 6.50. The van der Waals surface area contributed by atoms with Crippen molar-refractivity contribution in [1.82, 2.24) is 4.98 Å². The van der Waals surface area contributed by atoms with Gasteiger partial charge in [0.1, 0.15) is 11.9 Å². The van der Waals surface area contributed by atoms with Gasteiger partial charge >= 0.3 is 5.82 Å². The fraction of sp³-hybridized carbons (Fsp3) is 0.267. The highest BCUT2D eigenvalue weighted by atomic mass is 16.6. The molecule has 1 N–H and O–H groups in total. The van der Waals surface area contributed by atoms with E-state index in [9.17, 15) is 10.1 Å². The zero-order valence-corrected chi connectivity index (χ0v) is 11.5. The first-order chi connectivity index (χ1) is 9.58. The molecule has 104 valence electrons. The average Bonchev–Trinajstić information content (AvgIpc) is 2.45. The van der Waals surface area contributed by atoms with E-state index in [1.165, 1.54) is 11.8 Å². The van der Waals surface area contributed by atoms with Gasteiger partial charge in [0.25, 0.3) is 0 Å². The monoisotopic (exact) mass is 271 g/mol. The van der Waals surface area contributed by atoms with E-state index < -0.39 is 4.92 Å². The zero-order valence-electron chi connectivity index (χ0n) is 11.5. The number of nitrogens with zero attached hydrogens (tertiary/aromatic N) is 2. The minimum absolute atomic E-state index is 0.147. The maximum atomic E-state index is 10.9. The fourth-order valence-electron chi connectivity index (χ4n) is 1.90. The van der Waals surface area contributed by atoms with Crippen molar-refractivity contribution in [2.75, 3.05) is 5.32 Å². The summed E-state index contributed by atoms with van der Waals surface area (Å²) in [4.78, 5) is 14.1. The number of aromatic nitrogens is 1. The second-order valence-corrected chi connectivity index (χ2v) is 4.88. The standard InChI is InChI=1S/C15H17N3O2/c1-11(2)13-7-5-12(6-8-13)10-17-14-4-3-9-16-15(14)18(19)20/h3-9,11,17H,10H2,1-2H3. The number of rotatable bonds is 5. The van der Waals surface area contributed by atoms with Gasteiger partial charge in [0.05, 0.1) is 0 Å². The molecule has 20 heavy (non-hydrogen) atoms. The summed E-state index contributed by atoms with van der Waals surface area (Å²) in [5, 5.41) is 13.9. The molecular weight excluding hydrogens is 254 g/mol. The quantitative estimate of drug-likeness (QED) is 0.664. The molecule has 0 aliphatic carbocycles. The molecule has 0 radical (unpaired) electrons. The lowest BCUT2D eigenvalue weighted by molar-refractivity contribution is -0.388. The van der Waals surface area contributed by atoms with Crippen molar-refractivity contribution < 1.29 is 4.92 Å². The van der Waals surface area contributed by atoms with E-state index in [4.69, 9.17) is 0 Å². The molecule has 5 nitrogen and oxygen atoms in total. The molecule has 0 aliphatic rings. The Bertz CT molecular complexity index is 594. The summed E-state index contributed by atoms with van der Waals surface area (Å²) in [6.45, 7) is 4.82. The van der Waals surface area contributed by atoms with Gasteiger partial charge in [-0.2, -0.15) is 0 Å². The van der Waals surface area contributed by atoms with Crippen LogP contribution in [0.25, 0.3) is 0 Å². The summed E-state index contributed by atoms with van der Waals surface area (Å²) in [5.41, 5.74) is 2.79. The number of pyridine rings is 1. The van der Waals surface area contributed by atoms with Crippen LogP contribution in [0.4, 0.5) is 11.5 Å². The van der Waals surface area contributed by atoms with Gasteiger partial charge in [0.2, 0.25) is 0 Å². The lowest BCUT2D eigenvalue weighted by atomic mass is 10.0. The van der Waals surface area contributed by atoms with Gasteiger partial charge in [-0.3, -0.25) is 0 Å². The highest BCUT2D eigenvalue weighted by molar-refractivity contribution is 5.56. The predicted octanol–water partition coefficient (Wildman–Crippen LogP) is 3.73. The topological polar surface area (TPSA) is 68.1 Å². The second-order valence-electron chi connectivity index (χ2n) is 4.88. The van der Waals surface area contributed by atoms with Gasteiger partial charge in [0, 0.05) is 6.54 Å². The number of nitrogens with one attached hydrogen (secondary N) is 1. The van der Waals surface area contributed by atoms with Crippen LogP contribution >= 0.6 is 0 Å². The number of anilines is 1. The Morgan fingerprint density at radius 2 is 1.95 bits per heavy atom. The Hall–Kier alpha value is -2.43. The fourth-order valence-corrected chi connectivity index (χ4v) is 1.90. The molecule has 0 saturated heterocycles. The zero-order chi connectivity index (χ0) is 14.5. The lowest BCUT2D eigenvalue weighted by Crippen LogP contribution is -2.04. The first kappa shape index (κ1) is 14.0. The SMILES string of the molecule is CC(C)c1ccc(CNc2cccnc2[N+](=O)[O-])cc1. The summed E-state index contributed by atoms with van der Waals surface area (Å²) in [5.74, 6) is 0.350. The van der Waals surface area contributed by atoms with E-state index in [-0.39, 0.29) is 5.82 Å². The van der Waals surface area contributed by atoms with Crippen LogP contribution in [0.1, 0.15) is 30.9 Å². The molecule has 0 fully saturated rings. The van der Waals surface area contributed by atoms with Crippen molar-refractivity contribution >= 4 is 11.5 Å². The van der Waals surface area contributed by atoms with E-state index in [1.807, 2.05) is 12.1 Å². The normalized spacial score (nSPS) is 10.6. The van der Waals surface area contributed by atoms with Crippen LogP contribution in [0.2, 0.25) is 0 Å². The van der Waals surface area contributed by atoms with Crippen molar-refractivity contribution in [2.45, 2.75) is 26.3 Å². The summed E-state index contributed by atoms with van der Waals surface area (Å²) in [6, 6.07) is 11.6. The minimum Gasteiger partial charge on any atom is -0.374 e. The summed E-state index contributed by atoms with van der Waals surface area (Å²) in [7, 11) is 0. The third-order valence-corrected chi connectivity index (χ3v) is 3.09. The van der Waals surface area contributed by atoms with Crippen molar-refractivity contribution in [1.29, 1.82) is 0 Å². The summed E-state index contributed by atoms with van der Waals surface area (Å²) >= 11 is 0. The van der Waals surface area contributed by atoms with Gasteiger partial charge in [-0.1, -0.05) is 38.1 Å². The molecule has 5 heteroatoms. The number of hydrogen-bond acceptors (Lipinski definition) is 4. The van der Waals surface area contributed by atoms with Crippen molar-refractivity contribution in [3.63, 3.8) is 0 Å². The van der Waals surface area contributed by atoms with Crippen LogP contribution in [-0.4, -0.2) is 9.91 Å². The number of hydrogen-bond donors (Lipinski definition) is 1. The molecule has 0 unspecified atom stereocenters. The molecule has 2 aromatic rings. The van der Waals surface area contributed by atoms with Gasteiger partial charge in [-0.05, 0) is 39.1 Å². The molecule has 1 aromatic carbocycles. The molecule has 1 heterocycles. The van der Waals surface area contributed by atoms with Crippen LogP contribution in [0.3, 0.4) is 0 Å². The Kier molecular flexibility index (Phi) is 4.30. The van der Waals surface area contributed by atoms with Gasteiger partial charge < -0.3 is 15.4 Å². The smallest absolute Gasteiger partial charge is 0.374 e. The van der Waals surface area contributed by atoms with Crippen molar-refractivity contribution in [3.8, 4) is 0 Å². The van der Waals surface area contributed by atoms with E-state index in [0.717, 1.165) is 5.56 Å². The highest BCUT2D eigenvalue weighted by Gasteiger charge is 2.13. The highest BCUT2D eigenvalue weighted by Crippen LogP contribution is 2.21. The largest absolute Gasteiger partial charge is 0.386 e. The van der Waals surface area contributed by atoms with Gasteiger partial charge in [-0.15, -0.1) is 0 Å². The molecular formula is C15H17N3O2. The molecule has 0 aliphatic heterocycles. The second kappa shape index (κ2) is 6.14. The van der Waals surface area contributed by atoms with Gasteiger partial charge in [0.15, 0.2) is 0 Å². The molecule has 0 spiro atoms. The van der Waals surface area contributed by atoms with Crippen LogP contribution in [0, 0.1) is 10.1 Å².